The maximum atomic E-state index is 12.1. The first-order valence-electron chi connectivity index (χ1n) is 7.56. The SMILES string of the molecule is Cc1ccccc1-n1cnnc1SCC(=O)Nc1ccc(C#N)cc1. The van der Waals surface area contributed by atoms with Gasteiger partial charge in [-0.3, -0.25) is 9.36 Å². The first-order valence-corrected chi connectivity index (χ1v) is 8.55. The molecule has 7 heteroatoms. The van der Waals surface area contributed by atoms with Gasteiger partial charge in [-0.2, -0.15) is 5.26 Å². The van der Waals surface area contributed by atoms with Crippen molar-refractivity contribution < 1.29 is 4.79 Å². The Morgan fingerprint density at radius 2 is 2.00 bits per heavy atom. The molecule has 0 radical (unpaired) electrons. The van der Waals surface area contributed by atoms with E-state index in [1.165, 1.54) is 11.8 Å². The molecule has 1 aromatic heterocycles. The highest BCUT2D eigenvalue weighted by atomic mass is 32.2. The molecule has 0 saturated carbocycles. The normalized spacial score (nSPS) is 10.2. The van der Waals surface area contributed by atoms with Crippen LogP contribution < -0.4 is 5.32 Å². The number of para-hydroxylation sites is 1. The van der Waals surface area contributed by atoms with Gasteiger partial charge in [-0.05, 0) is 42.8 Å². The summed E-state index contributed by atoms with van der Waals surface area (Å²) in [7, 11) is 0. The van der Waals surface area contributed by atoms with Crippen LogP contribution in [0.25, 0.3) is 5.69 Å². The summed E-state index contributed by atoms with van der Waals surface area (Å²) in [6, 6.07) is 16.7. The number of nitrogens with one attached hydrogen (secondary N) is 1. The molecule has 25 heavy (non-hydrogen) atoms. The van der Waals surface area contributed by atoms with Crippen LogP contribution in [0.4, 0.5) is 5.69 Å². The smallest absolute Gasteiger partial charge is 0.234 e. The monoisotopic (exact) mass is 349 g/mol. The molecule has 1 heterocycles. The quantitative estimate of drug-likeness (QED) is 0.715. The number of nitriles is 1. The summed E-state index contributed by atoms with van der Waals surface area (Å²) >= 11 is 1.32. The lowest BCUT2D eigenvalue weighted by Crippen LogP contribution is -2.14. The first kappa shape index (κ1) is 16.7. The van der Waals surface area contributed by atoms with Gasteiger partial charge >= 0.3 is 0 Å². The number of aryl methyl sites for hydroxylation is 1. The number of anilines is 1. The minimum atomic E-state index is -0.144. The highest BCUT2D eigenvalue weighted by Gasteiger charge is 2.11. The standard InChI is InChI=1S/C18H15N5OS/c1-13-4-2-3-5-16(13)23-12-20-22-18(23)25-11-17(24)21-15-8-6-14(10-19)7-9-15/h2-9,12H,11H2,1H3,(H,21,24). The fourth-order valence-corrected chi connectivity index (χ4v) is 3.00. The Labute approximate surface area is 149 Å². The van der Waals surface area contributed by atoms with Crippen molar-refractivity contribution in [2.75, 3.05) is 11.1 Å². The van der Waals surface area contributed by atoms with Crippen molar-refractivity contribution in [3.8, 4) is 11.8 Å². The number of carbonyl (C=O) groups is 1. The van der Waals surface area contributed by atoms with Gasteiger partial charge < -0.3 is 5.32 Å². The van der Waals surface area contributed by atoms with Gasteiger partial charge in [-0.1, -0.05) is 30.0 Å². The van der Waals surface area contributed by atoms with Gasteiger partial charge in [0.1, 0.15) is 6.33 Å². The lowest BCUT2D eigenvalue weighted by molar-refractivity contribution is -0.113. The van der Waals surface area contributed by atoms with Gasteiger partial charge in [-0.15, -0.1) is 10.2 Å². The third kappa shape index (κ3) is 4.05. The second kappa shape index (κ2) is 7.64. The number of nitrogens with zero attached hydrogens (tertiary/aromatic N) is 4. The molecule has 3 rings (SSSR count). The van der Waals surface area contributed by atoms with E-state index in [9.17, 15) is 4.79 Å². The Balaban J connectivity index is 1.64. The van der Waals surface area contributed by atoms with E-state index < -0.39 is 0 Å². The molecule has 0 fully saturated rings. The van der Waals surface area contributed by atoms with Crippen LogP contribution in [0.15, 0.2) is 60.0 Å². The van der Waals surface area contributed by atoms with Gasteiger partial charge in [0, 0.05) is 5.69 Å². The van der Waals surface area contributed by atoms with Crippen LogP contribution in [0.1, 0.15) is 11.1 Å². The van der Waals surface area contributed by atoms with Gasteiger partial charge in [0.25, 0.3) is 0 Å². The largest absolute Gasteiger partial charge is 0.325 e. The fourth-order valence-electron chi connectivity index (χ4n) is 2.28. The number of thioether (sulfide) groups is 1. The molecule has 6 nitrogen and oxygen atoms in total. The summed E-state index contributed by atoms with van der Waals surface area (Å²) in [5.74, 6) is 0.0685. The van der Waals surface area contributed by atoms with E-state index in [2.05, 4.69) is 15.5 Å². The Morgan fingerprint density at radius 3 is 2.72 bits per heavy atom. The molecular formula is C18H15N5OS. The third-order valence-corrected chi connectivity index (χ3v) is 4.46. The summed E-state index contributed by atoms with van der Waals surface area (Å²) in [5, 5.41) is 20.3. The lowest BCUT2D eigenvalue weighted by atomic mass is 10.2. The molecule has 0 aliphatic carbocycles. The Hall–Kier alpha value is -3.11. The van der Waals surface area contributed by atoms with Crippen LogP contribution in [-0.4, -0.2) is 26.4 Å². The Bertz CT molecular complexity index is 927. The molecule has 0 aliphatic rings. The molecule has 1 amide bonds. The van der Waals surface area contributed by atoms with Crippen LogP contribution in [0.2, 0.25) is 0 Å². The number of benzene rings is 2. The van der Waals surface area contributed by atoms with Gasteiger partial charge in [0.2, 0.25) is 5.91 Å². The van der Waals surface area contributed by atoms with Crippen molar-refractivity contribution in [1.29, 1.82) is 5.26 Å². The number of carbonyl (C=O) groups excluding carboxylic acids is 1. The maximum Gasteiger partial charge on any atom is 0.234 e. The van der Waals surface area contributed by atoms with Gasteiger partial charge in [-0.25, -0.2) is 0 Å². The van der Waals surface area contributed by atoms with E-state index in [0.717, 1.165) is 11.3 Å². The van der Waals surface area contributed by atoms with E-state index in [0.29, 0.717) is 16.4 Å². The second-order valence-corrected chi connectivity index (χ2v) is 6.24. The topological polar surface area (TPSA) is 83.6 Å². The van der Waals surface area contributed by atoms with Crippen LogP contribution in [-0.2, 0) is 4.79 Å². The van der Waals surface area contributed by atoms with Crippen molar-refractivity contribution in [2.45, 2.75) is 12.1 Å². The molecular weight excluding hydrogens is 334 g/mol. The van der Waals surface area contributed by atoms with Crippen LogP contribution in [0, 0.1) is 18.3 Å². The van der Waals surface area contributed by atoms with Crippen molar-refractivity contribution in [3.05, 3.63) is 66.0 Å². The highest BCUT2D eigenvalue weighted by molar-refractivity contribution is 7.99. The van der Waals surface area contributed by atoms with Crippen molar-refractivity contribution in [3.63, 3.8) is 0 Å². The average molecular weight is 349 g/mol. The van der Waals surface area contributed by atoms with Crippen molar-refractivity contribution >= 4 is 23.4 Å². The van der Waals surface area contributed by atoms with Crippen molar-refractivity contribution in [1.82, 2.24) is 14.8 Å². The van der Waals surface area contributed by atoms with Crippen molar-refractivity contribution in [2.24, 2.45) is 0 Å². The Morgan fingerprint density at radius 1 is 1.24 bits per heavy atom. The number of aromatic nitrogens is 3. The fraction of sp³-hybridized carbons (Fsp3) is 0.111. The zero-order valence-corrected chi connectivity index (χ0v) is 14.3. The number of amides is 1. The van der Waals surface area contributed by atoms with Crippen LogP contribution in [0.5, 0.6) is 0 Å². The average Bonchev–Trinajstić information content (AvgIpc) is 3.09. The molecule has 0 bridgehead atoms. The summed E-state index contributed by atoms with van der Waals surface area (Å²) in [6.07, 6.45) is 1.64. The number of hydrogen-bond donors (Lipinski definition) is 1. The van der Waals surface area contributed by atoms with Gasteiger partial charge in [0.05, 0.1) is 23.1 Å². The zero-order valence-electron chi connectivity index (χ0n) is 13.5. The molecule has 2 aromatic carbocycles. The van der Waals surface area contributed by atoms with E-state index in [1.54, 1.807) is 30.6 Å². The van der Waals surface area contributed by atoms with E-state index in [1.807, 2.05) is 41.8 Å². The minimum absolute atomic E-state index is 0.144. The molecule has 0 spiro atoms. The third-order valence-electron chi connectivity index (χ3n) is 3.52. The Kier molecular flexibility index (Phi) is 5.11. The number of rotatable bonds is 5. The summed E-state index contributed by atoms with van der Waals surface area (Å²) in [4.78, 5) is 12.1. The molecule has 124 valence electrons. The highest BCUT2D eigenvalue weighted by Crippen LogP contribution is 2.22. The van der Waals surface area contributed by atoms with Crippen LogP contribution in [0.3, 0.4) is 0 Å². The summed E-state index contributed by atoms with van der Waals surface area (Å²) in [6.45, 7) is 2.02. The first-order chi connectivity index (χ1) is 12.2. The molecule has 0 saturated heterocycles. The zero-order chi connectivity index (χ0) is 17.6. The summed E-state index contributed by atoms with van der Waals surface area (Å²) < 4.78 is 1.87. The molecule has 3 aromatic rings. The lowest BCUT2D eigenvalue weighted by Gasteiger charge is -2.09. The predicted octanol–water partition coefficient (Wildman–Crippen LogP) is 3.18. The second-order valence-electron chi connectivity index (χ2n) is 5.30. The van der Waals surface area contributed by atoms with Crippen LogP contribution >= 0.6 is 11.8 Å². The molecule has 0 aliphatic heterocycles. The molecule has 0 unspecified atom stereocenters. The van der Waals surface area contributed by atoms with E-state index >= 15 is 0 Å². The molecule has 1 N–H and O–H groups in total. The summed E-state index contributed by atoms with van der Waals surface area (Å²) in [5.41, 5.74) is 3.30. The van der Waals surface area contributed by atoms with E-state index in [-0.39, 0.29) is 11.7 Å². The molecule has 0 atom stereocenters. The van der Waals surface area contributed by atoms with Gasteiger partial charge in [0.15, 0.2) is 5.16 Å². The number of hydrogen-bond acceptors (Lipinski definition) is 5. The van der Waals surface area contributed by atoms with E-state index in [4.69, 9.17) is 5.26 Å². The maximum absolute atomic E-state index is 12.1. The predicted molar refractivity (Wildman–Crippen MR) is 96.6 cm³/mol. The minimum Gasteiger partial charge on any atom is -0.325 e.